The zero-order chi connectivity index (χ0) is 23.8. The minimum Gasteiger partial charge on any atom is -0.449 e. The third kappa shape index (κ3) is 3.98. The molecule has 7 nitrogen and oxygen atoms in total. The molecule has 1 fully saturated rings. The van der Waals surface area contributed by atoms with Gasteiger partial charge in [-0.05, 0) is 69.6 Å². The van der Waals surface area contributed by atoms with Gasteiger partial charge in [0.15, 0.2) is 16.7 Å². The Morgan fingerprint density at radius 2 is 2.00 bits per heavy atom. The van der Waals surface area contributed by atoms with Crippen molar-refractivity contribution in [1.82, 2.24) is 9.97 Å². The van der Waals surface area contributed by atoms with E-state index in [2.05, 4.69) is 14.8 Å². The van der Waals surface area contributed by atoms with Gasteiger partial charge in [-0.15, -0.1) is 0 Å². The number of carbonyl (C=O) groups excluding carboxylic acids is 1. The lowest BCUT2D eigenvalue weighted by atomic mass is 10.0. The second kappa shape index (κ2) is 8.71. The number of anilines is 2. The fourth-order valence-electron chi connectivity index (χ4n) is 3.89. The molecule has 9 heteroatoms. The van der Waals surface area contributed by atoms with Crippen molar-refractivity contribution >= 4 is 40.3 Å². The number of aromatic nitrogens is 2. The number of carbonyl (C=O) groups is 1. The quantitative estimate of drug-likeness (QED) is 0.372. The highest BCUT2D eigenvalue weighted by Gasteiger charge is 2.51. The molecule has 1 aliphatic heterocycles. The Hall–Kier alpha value is -3.64. The number of benzene rings is 1. The first-order valence-electron chi connectivity index (χ1n) is 10.4. The third-order valence-electron chi connectivity index (χ3n) is 5.74. The molecule has 1 aromatic carbocycles. The van der Waals surface area contributed by atoms with E-state index < -0.39 is 11.4 Å². The van der Waals surface area contributed by atoms with Crippen molar-refractivity contribution in [3.63, 3.8) is 0 Å². The molecule has 0 spiro atoms. The standard InChI is InChI=1S/C24H22FN5O2S/c1-15-18(26-4)10-11-19(21(15)25)29-22(31)24(2,3)30(23(29)33)17-9-8-16(28-14-17)6-5-7-20-27-12-13-32-20/h8-14H,5-7H2,1-3H3. The number of pyridine rings is 1. The van der Waals surface area contributed by atoms with Crippen LogP contribution in [-0.2, 0) is 17.6 Å². The minimum atomic E-state index is -1.04. The van der Waals surface area contributed by atoms with Crippen LogP contribution in [0.2, 0.25) is 0 Å². The van der Waals surface area contributed by atoms with E-state index in [4.69, 9.17) is 23.2 Å². The number of halogens is 1. The van der Waals surface area contributed by atoms with Crippen molar-refractivity contribution < 1.29 is 13.6 Å². The molecule has 168 valence electrons. The second-order valence-electron chi connectivity index (χ2n) is 8.26. The zero-order valence-corrected chi connectivity index (χ0v) is 19.3. The monoisotopic (exact) mass is 463 g/mol. The lowest BCUT2D eigenvalue weighted by Gasteiger charge is -2.29. The first-order chi connectivity index (χ1) is 15.8. The summed E-state index contributed by atoms with van der Waals surface area (Å²) in [6, 6.07) is 6.68. The molecule has 1 amide bonds. The summed E-state index contributed by atoms with van der Waals surface area (Å²) in [5.74, 6) is -0.283. The smallest absolute Gasteiger partial charge is 0.259 e. The molecule has 0 saturated carbocycles. The van der Waals surface area contributed by atoms with Crippen LogP contribution in [0.15, 0.2) is 47.3 Å². The van der Waals surface area contributed by atoms with Gasteiger partial charge in [0.25, 0.3) is 5.91 Å². The Labute approximate surface area is 196 Å². The van der Waals surface area contributed by atoms with Crippen LogP contribution in [0.25, 0.3) is 4.85 Å². The average Bonchev–Trinajstić information content (AvgIpc) is 3.36. The number of aryl methyl sites for hydroxylation is 2. The van der Waals surface area contributed by atoms with Gasteiger partial charge in [-0.2, -0.15) is 0 Å². The lowest BCUT2D eigenvalue weighted by Crippen LogP contribution is -2.44. The van der Waals surface area contributed by atoms with Crippen LogP contribution < -0.4 is 9.80 Å². The second-order valence-corrected chi connectivity index (χ2v) is 8.62. The Morgan fingerprint density at radius 3 is 2.64 bits per heavy atom. The Kier molecular flexibility index (Phi) is 5.95. The van der Waals surface area contributed by atoms with Crippen molar-refractivity contribution in [2.24, 2.45) is 0 Å². The van der Waals surface area contributed by atoms with E-state index in [1.54, 1.807) is 37.4 Å². The number of hydrogen-bond acceptors (Lipinski definition) is 5. The summed E-state index contributed by atoms with van der Waals surface area (Å²) < 4.78 is 20.3. The molecule has 0 radical (unpaired) electrons. The van der Waals surface area contributed by atoms with Gasteiger partial charge in [-0.25, -0.2) is 14.2 Å². The van der Waals surface area contributed by atoms with Crippen molar-refractivity contribution in [3.05, 3.63) is 77.3 Å². The van der Waals surface area contributed by atoms with E-state index in [9.17, 15) is 4.79 Å². The van der Waals surface area contributed by atoms with Gasteiger partial charge < -0.3 is 9.32 Å². The molecule has 2 aromatic heterocycles. The molecule has 3 aromatic rings. The van der Waals surface area contributed by atoms with Gasteiger partial charge >= 0.3 is 0 Å². The highest BCUT2D eigenvalue weighted by molar-refractivity contribution is 7.81. The highest BCUT2D eigenvalue weighted by Crippen LogP contribution is 2.38. The number of amides is 1. The predicted molar refractivity (Wildman–Crippen MR) is 127 cm³/mol. The van der Waals surface area contributed by atoms with Gasteiger partial charge in [0, 0.05) is 12.1 Å². The van der Waals surface area contributed by atoms with Gasteiger partial charge in [-0.3, -0.25) is 14.7 Å². The average molecular weight is 464 g/mol. The number of rotatable bonds is 6. The van der Waals surface area contributed by atoms with Crippen LogP contribution in [-0.4, -0.2) is 26.5 Å². The fraction of sp³-hybridized carbons (Fsp3) is 0.292. The van der Waals surface area contributed by atoms with Gasteiger partial charge in [-0.1, -0.05) is 6.07 Å². The Morgan fingerprint density at radius 1 is 1.21 bits per heavy atom. The molecule has 0 atom stereocenters. The van der Waals surface area contributed by atoms with Crippen molar-refractivity contribution in [1.29, 1.82) is 0 Å². The molecule has 1 aliphatic rings. The van der Waals surface area contributed by atoms with E-state index in [-0.39, 0.29) is 28.0 Å². The molecule has 0 unspecified atom stereocenters. The van der Waals surface area contributed by atoms with Crippen LogP contribution in [0.5, 0.6) is 0 Å². The van der Waals surface area contributed by atoms with E-state index >= 15 is 4.39 Å². The number of hydrogen-bond donors (Lipinski definition) is 0. The summed E-state index contributed by atoms with van der Waals surface area (Å²) in [5.41, 5.74) is 0.934. The zero-order valence-electron chi connectivity index (χ0n) is 18.5. The molecule has 0 bridgehead atoms. The summed E-state index contributed by atoms with van der Waals surface area (Å²) in [5, 5.41) is 0.164. The Bertz CT molecular complexity index is 1250. The Balaban J connectivity index is 1.57. The van der Waals surface area contributed by atoms with E-state index in [1.165, 1.54) is 24.0 Å². The fourth-order valence-corrected chi connectivity index (χ4v) is 4.40. The lowest BCUT2D eigenvalue weighted by molar-refractivity contribution is -0.120. The van der Waals surface area contributed by atoms with Gasteiger partial charge in [0.2, 0.25) is 0 Å². The van der Waals surface area contributed by atoms with Crippen LogP contribution in [0.4, 0.5) is 21.5 Å². The summed E-state index contributed by atoms with van der Waals surface area (Å²) in [6.07, 6.45) is 7.17. The first-order valence-corrected chi connectivity index (χ1v) is 10.8. The van der Waals surface area contributed by atoms with Crippen LogP contribution >= 0.6 is 12.2 Å². The maximum absolute atomic E-state index is 15.1. The molecule has 33 heavy (non-hydrogen) atoms. The van der Waals surface area contributed by atoms with E-state index in [0.29, 0.717) is 11.6 Å². The van der Waals surface area contributed by atoms with E-state index in [1.807, 2.05) is 12.1 Å². The maximum Gasteiger partial charge on any atom is 0.259 e. The van der Waals surface area contributed by atoms with Crippen LogP contribution in [0.1, 0.15) is 37.4 Å². The molecule has 4 rings (SSSR count). The summed E-state index contributed by atoms with van der Waals surface area (Å²) in [4.78, 5) is 28.1. The summed E-state index contributed by atoms with van der Waals surface area (Å²) in [6.45, 7) is 12.2. The molecule has 0 aliphatic carbocycles. The van der Waals surface area contributed by atoms with Crippen molar-refractivity contribution in [3.8, 4) is 0 Å². The van der Waals surface area contributed by atoms with Crippen molar-refractivity contribution in [2.45, 2.75) is 45.6 Å². The molecular formula is C24H22FN5O2S. The SMILES string of the molecule is [C-]#[N+]c1ccc(N2C(=O)C(C)(C)N(c3ccc(CCCc4ncco4)nc3)C2=S)c(F)c1C. The van der Waals surface area contributed by atoms with E-state index in [0.717, 1.165) is 25.0 Å². The van der Waals surface area contributed by atoms with Crippen molar-refractivity contribution in [2.75, 3.05) is 9.80 Å². The maximum atomic E-state index is 15.1. The largest absolute Gasteiger partial charge is 0.449 e. The van der Waals surface area contributed by atoms with Gasteiger partial charge in [0.05, 0.1) is 30.3 Å². The highest BCUT2D eigenvalue weighted by atomic mass is 32.1. The van der Waals surface area contributed by atoms with Crippen LogP contribution in [0.3, 0.4) is 0 Å². The number of thiocarbonyl (C=S) groups is 1. The molecule has 1 saturated heterocycles. The topological polar surface area (TPSA) is 66.8 Å². The summed E-state index contributed by atoms with van der Waals surface area (Å²) >= 11 is 5.62. The minimum absolute atomic E-state index is 0.0431. The van der Waals surface area contributed by atoms with Gasteiger partial charge in [0.1, 0.15) is 17.6 Å². The predicted octanol–water partition coefficient (Wildman–Crippen LogP) is 5.16. The normalized spacial score (nSPS) is 15.2. The molecule has 0 N–H and O–H groups in total. The summed E-state index contributed by atoms with van der Waals surface area (Å²) in [7, 11) is 0. The first kappa shape index (κ1) is 22.6. The number of nitrogens with zero attached hydrogens (tertiary/aromatic N) is 5. The van der Waals surface area contributed by atoms with Crippen LogP contribution in [0, 0.1) is 19.3 Å². The molecule has 3 heterocycles. The number of oxazole rings is 1. The third-order valence-corrected chi connectivity index (χ3v) is 6.11. The molecular weight excluding hydrogens is 441 g/mol.